The van der Waals surface area contributed by atoms with Gasteiger partial charge in [0.05, 0.1) is 6.54 Å². The fraction of sp³-hybridized carbons (Fsp3) is 0.158. The van der Waals surface area contributed by atoms with E-state index in [1.165, 1.54) is 6.07 Å². The number of carbonyl (C=O) groups excluding carboxylic acids is 2. The Morgan fingerprint density at radius 1 is 1.19 bits per heavy atom. The summed E-state index contributed by atoms with van der Waals surface area (Å²) >= 11 is 3.27. The minimum Gasteiger partial charge on any atom is -0.458 e. The number of carbonyl (C=O) groups is 2. The number of urea groups is 1. The quantitative estimate of drug-likeness (QED) is 0.647. The number of halogens is 2. The first-order valence-electron chi connectivity index (χ1n) is 7.95. The van der Waals surface area contributed by atoms with Crippen molar-refractivity contribution in [3.8, 4) is 0 Å². The van der Waals surface area contributed by atoms with Crippen LogP contribution < -0.4 is 5.32 Å². The van der Waals surface area contributed by atoms with E-state index in [0.29, 0.717) is 15.8 Å². The third kappa shape index (κ3) is 2.59. The molecule has 4 rings (SSSR count). The van der Waals surface area contributed by atoms with Crippen molar-refractivity contribution in [2.75, 3.05) is 0 Å². The van der Waals surface area contributed by atoms with Crippen molar-refractivity contribution in [3.63, 3.8) is 0 Å². The monoisotopic (exact) mass is 416 g/mol. The van der Waals surface area contributed by atoms with Crippen molar-refractivity contribution in [2.24, 2.45) is 0 Å². The van der Waals surface area contributed by atoms with Crippen LogP contribution in [0, 0.1) is 5.82 Å². The molecule has 2 aromatic carbocycles. The van der Waals surface area contributed by atoms with Crippen molar-refractivity contribution >= 4 is 38.8 Å². The number of hydrogen-bond acceptors (Lipinski definition) is 3. The number of benzene rings is 2. The molecule has 1 aliphatic rings. The summed E-state index contributed by atoms with van der Waals surface area (Å²) in [5, 5.41) is 3.51. The Labute approximate surface area is 156 Å². The van der Waals surface area contributed by atoms with E-state index in [2.05, 4.69) is 21.2 Å². The van der Waals surface area contributed by atoms with Gasteiger partial charge in [0.25, 0.3) is 5.91 Å². The number of amides is 3. The van der Waals surface area contributed by atoms with Crippen LogP contribution in [0.25, 0.3) is 11.0 Å². The number of rotatable bonds is 3. The number of nitrogens with zero attached hydrogens (tertiary/aromatic N) is 1. The Morgan fingerprint density at radius 3 is 2.73 bits per heavy atom. The molecule has 5 nitrogen and oxygen atoms in total. The van der Waals surface area contributed by atoms with Crippen LogP contribution in [0.5, 0.6) is 0 Å². The van der Waals surface area contributed by atoms with Gasteiger partial charge in [-0.05, 0) is 37.3 Å². The van der Waals surface area contributed by atoms with Crippen LogP contribution in [0.3, 0.4) is 0 Å². The Balaban J connectivity index is 1.69. The lowest BCUT2D eigenvalue weighted by Crippen LogP contribution is -2.40. The number of nitrogens with one attached hydrogen (secondary N) is 1. The first-order valence-corrected chi connectivity index (χ1v) is 8.75. The van der Waals surface area contributed by atoms with E-state index >= 15 is 0 Å². The molecule has 0 radical (unpaired) electrons. The number of hydrogen-bond donors (Lipinski definition) is 1. The molecule has 0 bridgehead atoms. The Hall–Kier alpha value is -2.67. The van der Waals surface area contributed by atoms with E-state index in [1.54, 1.807) is 31.2 Å². The third-order valence-electron chi connectivity index (χ3n) is 4.53. The van der Waals surface area contributed by atoms with Gasteiger partial charge in [-0.1, -0.05) is 34.1 Å². The van der Waals surface area contributed by atoms with Crippen molar-refractivity contribution in [3.05, 3.63) is 70.1 Å². The zero-order valence-corrected chi connectivity index (χ0v) is 15.3. The third-order valence-corrected chi connectivity index (χ3v) is 5.02. The van der Waals surface area contributed by atoms with E-state index in [-0.39, 0.29) is 12.1 Å². The molecule has 2 heterocycles. The SMILES string of the molecule is C[C@]1(c2cc3ccccc3o2)NC(=O)N(Cc2cc(Br)ccc2F)C1=O. The lowest BCUT2D eigenvalue weighted by atomic mass is 9.98. The highest BCUT2D eigenvalue weighted by Crippen LogP contribution is 2.34. The molecule has 0 spiro atoms. The summed E-state index contributed by atoms with van der Waals surface area (Å²) in [6, 6.07) is 12.9. The Morgan fingerprint density at radius 2 is 1.96 bits per heavy atom. The lowest BCUT2D eigenvalue weighted by molar-refractivity contribution is -0.132. The van der Waals surface area contributed by atoms with Gasteiger partial charge in [-0.3, -0.25) is 9.69 Å². The van der Waals surface area contributed by atoms with Gasteiger partial charge >= 0.3 is 6.03 Å². The Bertz CT molecular complexity index is 1020. The van der Waals surface area contributed by atoms with E-state index < -0.39 is 23.3 Å². The van der Waals surface area contributed by atoms with E-state index in [9.17, 15) is 14.0 Å². The molecule has 1 N–H and O–H groups in total. The van der Waals surface area contributed by atoms with Crippen LogP contribution in [0.15, 0.2) is 57.4 Å². The summed E-state index contributed by atoms with van der Waals surface area (Å²) < 4.78 is 20.5. The summed E-state index contributed by atoms with van der Waals surface area (Å²) in [5.41, 5.74) is -0.461. The van der Waals surface area contributed by atoms with E-state index in [0.717, 1.165) is 10.3 Å². The van der Waals surface area contributed by atoms with Crippen molar-refractivity contribution < 1.29 is 18.4 Å². The fourth-order valence-corrected chi connectivity index (χ4v) is 3.48. The van der Waals surface area contributed by atoms with Crippen molar-refractivity contribution in [2.45, 2.75) is 19.0 Å². The molecule has 1 fully saturated rings. The largest absolute Gasteiger partial charge is 0.458 e. The first-order chi connectivity index (χ1) is 12.4. The van der Waals surface area contributed by atoms with Gasteiger partial charge in [-0.25, -0.2) is 9.18 Å². The standard InChI is InChI=1S/C19H14BrFN2O3/c1-19(16-9-11-4-2-3-5-15(11)26-16)17(24)23(18(25)22-19)10-12-8-13(20)6-7-14(12)21/h2-9H,10H2,1H3,(H,22,25)/t19-/m1/s1. The van der Waals surface area contributed by atoms with Gasteiger partial charge < -0.3 is 9.73 Å². The van der Waals surface area contributed by atoms with Gasteiger partial charge in [0.2, 0.25) is 0 Å². The van der Waals surface area contributed by atoms with Crippen LogP contribution in [-0.4, -0.2) is 16.8 Å². The average molecular weight is 417 g/mol. The van der Waals surface area contributed by atoms with E-state index in [1.807, 2.05) is 18.2 Å². The maximum atomic E-state index is 14.0. The fourth-order valence-electron chi connectivity index (χ4n) is 3.07. The molecule has 1 aliphatic heterocycles. The number of fused-ring (bicyclic) bond motifs is 1. The molecule has 1 saturated heterocycles. The van der Waals surface area contributed by atoms with Crippen LogP contribution in [0.2, 0.25) is 0 Å². The molecule has 3 amide bonds. The topological polar surface area (TPSA) is 62.6 Å². The van der Waals surface area contributed by atoms with E-state index in [4.69, 9.17) is 4.42 Å². The minimum atomic E-state index is -1.33. The van der Waals surface area contributed by atoms with Crippen molar-refractivity contribution in [1.29, 1.82) is 0 Å². The van der Waals surface area contributed by atoms with Crippen LogP contribution >= 0.6 is 15.9 Å². The maximum Gasteiger partial charge on any atom is 0.325 e. The summed E-state index contributed by atoms with van der Waals surface area (Å²) in [7, 11) is 0. The Kier molecular flexibility index (Phi) is 3.84. The van der Waals surface area contributed by atoms with Crippen molar-refractivity contribution in [1.82, 2.24) is 10.2 Å². The summed E-state index contributed by atoms with van der Waals surface area (Å²) in [4.78, 5) is 26.4. The number of imide groups is 1. The smallest absolute Gasteiger partial charge is 0.325 e. The maximum absolute atomic E-state index is 14.0. The summed E-state index contributed by atoms with van der Waals surface area (Å²) in [5.74, 6) is -0.624. The molecule has 1 atom stereocenters. The molecule has 1 aromatic heterocycles. The highest BCUT2D eigenvalue weighted by molar-refractivity contribution is 9.10. The van der Waals surface area contributed by atoms with Gasteiger partial charge in [-0.2, -0.15) is 0 Å². The van der Waals surface area contributed by atoms with Gasteiger partial charge in [-0.15, -0.1) is 0 Å². The summed E-state index contributed by atoms with van der Waals surface area (Å²) in [6.45, 7) is 1.42. The molecule has 0 saturated carbocycles. The van der Waals surface area contributed by atoms with Gasteiger partial charge in [0, 0.05) is 15.4 Å². The molecular weight excluding hydrogens is 403 g/mol. The molecule has 3 aromatic rings. The molecule has 132 valence electrons. The predicted octanol–water partition coefficient (Wildman–Crippen LogP) is 4.30. The van der Waals surface area contributed by atoms with Crippen LogP contribution in [-0.2, 0) is 16.9 Å². The summed E-state index contributed by atoms with van der Waals surface area (Å²) in [6.07, 6.45) is 0. The number of furan rings is 1. The highest BCUT2D eigenvalue weighted by atomic mass is 79.9. The average Bonchev–Trinajstić information content (AvgIpc) is 3.14. The number of para-hydroxylation sites is 1. The zero-order chi connectivity index (χ0) is 18.5. The first kappa shape index (κ1) is 16.8. The second kappa shape index (κ2) is 5.95. The lowest BCUT2D eigenvalue weighted by Gasteiger charge is -2.19. The molecule has 7 heteroatoms. The van der Waals surface area contributed by atoms with Gasteiger partial charge in [0.15, 0.2) is 5.54 Å². The van der Waals surface area contributed by atoms with Crippen LogP contribution in [0.1, 0.15) is 18.2 Å². The minimum absolute atomic E-state index is 0.161. The molecule has 0 aliphatic carbocycles. The second-order valence-corrected chi connectivity index (χ2v) is 7.25. The molecular formula is C19H14BrFN2O3. The molecule has 26 heavy (non-hydrogen) atoms. The predicted molar refractivity (Wildman–Crippen MR) is 96.7 cm³/mol. The highest BCUT2D eigenvalue weighted by Gasteiger charge is 2.51. The normalized spacial score (nSPS) is 20.0. The van der Waals surface area contributed by atoms with Crippen LogP contribution in [0.4, 0.5) is 9.18 Å². The zero-order valence-electron chi connectivity index (χ0n) is 13.8. The molecule has 0 unspecified atom stereocenters. The van der Waals surface area contributed by atoms with Gasteiger partial charge in [0.1, 0.15) is 17.2 Å². The second-order valence-electron chi connectivity index (χ2n) is 6.33.